The molecule has 2 atom stereocenters. The molecule has 0 radical (unpaired) electrons. The predicted octanol–water partition coefficient (Wildman–Crippen LogP) is 3.09. The molecule has 0 aromatic heterocycles. The molecule has 4 heteroatoms. The lowest BCUT2D eigenvalue weighted by Gasteiger charge is -2.48. The number of rotatable bonds is 2. The van der Waals surface area contributed by atoms with Crippen molar-refractivity contribution in [2.24, 2.45) is 0 Å². The molecule has 0 aliphatic carbocycles. The lowest BCUT2D eigenvalue weighted by Crippen LogP contribution is -2.59. The van der Waals surface area contributed by atoms with Gasteiger partial charge in [0.15, 0.2) is 5.78 Å². The van der Waals surface area contributed by atoms with Crippen LogP contribution in [0.3, 0.4) is 0 Å². The van der Waals surface area contributed by atoms with Gasteiger partial charge in [0.25, 0.3) is 0 Å². The number of anilines is 1. The number of carbonyl (C=O) groups is 1. The molecule has 2 fully saturated rings. The lowest BCUT2D eigenvalue weighted by molar-refractivity contribution is 0.101. The third-order valence-corrected chi connectivity index (χ3v) is 4.85. The number of benzene rings is 1. The molecule has 0 spiro atoms. The van der Waals surface area contributed by atoms with Crippen molar-refractivity contribution >= 4 is 11.5 Å². The normalized spacial score (nSPS) is 26.5. The molecule has 2 aliphatic rings. The van der Waals surface area contributed by atoms with Crippen LogP contribution in [0.4, 0.5) is 10.1 Å². The van der Waals surface area contributed by atoms with Gasteiger partial charge in [-0.15, -0.1) is 0 Å². The molecule has 3 rings (SSSR count). The first-order valence-electron chi connectivity index (χ1n) is 7.87. The molecule has 0 amide bonds. The summed E-state index contributed by atoms with van der Waals surface area (Å²) >= 11 is 0. The number of nitrogens with zero attached hydrogens (tertiary/aromatic N) is 2. The molecule has 2 saturated heterocycles. The summed E-state index contributed by atoms with van der Waals surface area (Å²) in [7, 11) is 0. The fourth-order valence-electron chi connectivity index (χ4n) is 3.65. The van der Waals surface area contributed by atoms with Crippen molar-refractivity contribution in [2.75, 3.05) is 24.5 Å². The molecular formula is C17H23FN2O. The molecule has 3 nitrogen and oxygen atoms in total. The maximum Gasteiger partial charge on any atom is 0.159 e. The van der Waals surface area contributed by atoms with E-state index in [9.17, 15) is 9.18 Å². The largest absolute Gasteiger partial charge is 0.364 e. The number of hydrogen-bond donors (Lipinski definition) is 0. The zero-order valence-electron chi connectivity index (χ0n) is 12.8. The Morgan fingerprint density at radius 1 is 1.29 bits per heavy atom. The second kappa shape index (κ2) is 5.76. The van der Waals surface area contributed by atoms with Gasteiger partial charge in [-0.1, -0.05) is 6.42 Å². The van der Waals surface area contributed by atoms with Crippen molar-refractivity contribution in [3.8, 4) is 0 Å². The molecule has 2 heterocycles. The summed E-state index contributed by atoms with van der Waals surface area (Å²) in [6.07, 6.45) is 3.76. The molecule has 2 unspecified atom stereocenters. The second-order valence-electron chi connectivity index (χ2n) is 6.37. The molecule has 0 N–H and O–H groups in total. The van der Waals surface area contributed by atoms with Crippen LogP contribution in [0.25, 0.3) is 0 Å². The number of fused-ring (bicyclic) bond motifs is 1. The third-order valence-electron chi connectivity index (χ3n) is 4.85. The van der Waals surface area contributed by atoms with Gasteiger partial charge in [0, 0.05) is 30.7 Å². The van der Waals surface area contributed by atoms with Crippen molar-refractivity contribution in [3.63, 3.8) is 0 Å². The third kappa shape index (κ3) is 2.82. The van der Waals surface area contributed by atoms with Gasteiger partial charge in [-0.2, -0.15) is 0 Å². The first-order chi connectivity index (χ1) is 10.1. The van der Waals surface area contributed by atoms with E-state index >= 15 is 0 Å². The molecule has 0 saturated carbocycles. The fourth-order valence-corrected chi connectivity index (χ4v) is 3.65. The van der Waals surface area contributed by atoms with Crippen molar-refractivity contribution < 1.29 is 9.18 Å². The van der Waals surface area contributed by atoms with Crippen LogP contribution >= 0.6 is 0 Å². The highest BCUT2D eigenvalue weighted by Gasteiger charge is 2.33. The van der Waals surface area contributed by atoms with Crippen LogP contribution in [0.5, 0.6) is 0 Å². The molecule has 114 valence electrons. The van der Waals surface area contributed by atoms with Crippen LogP contribution in [0.15, 0.2) is 18.2 Å². The number of piperazine rings is 1. The van der Waals surface area contributed by atoms with Gasteiger partial charge in [-0.05, 0) is 51.4 Å². The van der Waals surface area contributed by atoms with E-state index in [1.807, 2.05) is 0 Å². The molecule has 21 heavy (non-hydrogen) atoms. The number of carbonyl (C=O) groups excluding carboxylic acids is 1. The van der Waals surface area contributed by atoms with Gasteiger partial charge >= 0.3 is 0 Å². The Kier molecular flexibility index (Phi) is 3.98. The molecular weight excluding hydrogens is 267 g/mol. The van der Waals surface area contributed by atoms with Crippen LogP contribution in [-0.2, 0) is 0 Å². The van der Waals surface area contributed by atoms with Crippen LogP contribution < -0.4 is 4.90 Å². The van der Waals surface area contributed by atoms with E-state index in [2.05, 4.69) is 16.7 Å². The topological polar surface area (TPSA) is 23.6 Å². The quantitative estimate of drug-likeness (QED) is 0.782. The fraction of sp³-hybridized carbons (Fsp3) is 0.588. The van der Waals surface area contributed by atoms with E-state index in [1.54, 1.807) is 12.1 Å². The summed E-state index contributed by atoms with van der Waals surface area (Å²) in [4.78, 5) is 16.1. The average Bonchev–Trinajstić information content (AvgIpc) is 2.46. The summed E-state index contributed by atoms with van der Waals surface area (Å²) in [6.45, 7) is 6.69. The summed E-state index contributed by atoms with van der Waals surface area (Å²) in [5.74, 6) is -0.371. The van der Waals surface area contributed by atoms with E-state index in [0.717, 1.165) is 13.1 Å². The van der Waals surface area contributed by atoms with Gasteiger partial charge in [-0.3, -0.25) is 9.69 Å². The Hall–Kier alpha value is -1.42. The number of hydrogen-bond acceptors (Lipinski definition) is 3. The number of Topliss-reactive ketones (excluding diaryl/α,β-unsaturated/α-hetero) is 1. The molecule has 2 aliphatic heterocycles. The average molecular weight is 290 g/mol. The monoisotopic (exact) mass is 290 g/mol. The first-order valence-corrected chi connectivity index (χ1v) is 7.87. The minimum Gasteiger partial charge on any atom is -0.364 e. The second-order valence-corrected chi connectivity index (χ2v) is 6.37. The lowest BCUT2D eigenvalue weighted by atomic mass is 9.96. The van der Waals surface area contributed by atoms with E-state index in [4.69, 9.17) is 0 Å². The highest BCUT2D eigenvalue weighted by Crippen LogP contribution is 2.30. The van der Waals surface area contributed by atoms with E-state index < -0.39 is 0 Å². The van der Waals surface area contributed by atoms with Crippen molar-refractivity contribution in [1.29, 1.82) is 0 Å². The Bertz CT molecular complexity index is 546. The Morgan fingerprint density at radius 3 is 2.81 bits per heavy atom. The standard InChI is InChI=1S/C17H23FN2O/c1-12-10-19-8-4-3-5-15(19)11-20(12)17-7-6-14(13(2)21)9-16(17)18/h6-7,9,12,15H,3-5,8,10-11H2,1-2H3. The zero-order valence-corrected chi connectivity index (χ0v) is 12.8. The van der Waals surface area contributed by atoms with E-state index in [-0.39, 0.29) is 11.6 Å². The van der Waals surface area contributed by atoms with Gasteiger partial charge < -0.3 is 4.90 Å². The minimum absolute atomic E-state index is 0.0920. The van der Waals surface area contributed by atoms with Crippen LogP contribution in [0.1, 0.15) is 43.5 Å². The highest BCUT2D eigenvalue weighted by atomic mass is 19.1. The SMILES string of the molecule is CC(=O)c1ccc(N2CC3CCCCN3CC2C)c(F)c1. The van der Waals surface area contributed by atoms with Gasteiger partial charge in [-0.25, -0.2) is 4.39 Å². The first kappa shape index (κ1) is 14.5. The Labute approximate surface area is 125 Å². The summed E-state index contributed by atoms with van der Waals surface area (Å²) in [6, 6.07) is 5.72. The minimum atomic E-state index is -0.279. The van der Waals surface area contributed by atoms with Crippen molar-refractivity contribution in [1.82, 2.24) is 4.90 Å². The summed E-state index contributed by atoms with van der Waals surface area (Å²) < 4.78 is 14.4. The highest BCUT2D eigenvalue weighted by molar-refractivity contribution is 5.94. The maximum atomic E-state index is 14.4. The van der Waals surface area contributed by atoms with E-state index in [1.165, 1.54) is 38.8 Å². The number of halogens is 1. The maximum absolute atomic E-state index is 14.4. The number of ketones is 1. The van der Waals surface area contributed by atoms with Gasteiger partial charge in [0.1, 0.15) is 5.82 Å². The van der Waals surface area contributed by atoms with Crippen molar-refractivity contribution in [2.45, 2.75) is 45.2 Å². The summed E-state index contributed by atoms with van der Waals surface area (Å²) in [5, 5.41) is 0. The number of piperidine rings is 1. The van der Waals surface area contributed by atoms with Crippen molar-refractivity contribution in [3.05, 3.63) is 29.6 Å². The van der Waals surface area contributed by atoms with Crippen LogP contribution in [0.2, 0.25) is 0 Å². The Morgan fingerprint density at radius 2 is 2.10 bits per heavy atom. The predicted molar refractivity (Wildman–Crippen MR) is 82.4 cm³/mol. The Balaban J connectivity index is 1.84. The van der Waals surface area contributed by atoms with Gasteiger partial charge in [0.05, 0.1) is 5.69 Å². The molecule has 1 aromatic carbocycles. The van der Waals surface area contributed by atoms with E-state index in [0.29, 0.717) is 23.3 Å². The summed E-state index contributed by atoms with van der Waals surface area (Å²) in [5.41, 5.74) is 1.08. The van der Waals surface area contributed by atoms with Crippen LogP contribution in [-0.4, -0.2) is 42.4 Å². The smallest absolute Gasteiger partial charge is 0.159 e. The molecule has 0 bridgehead atoms. The van der Waals surface area contributed by atoms with Gasteiger partial charge in [0.2, 0.25) is 0 Å². The molecule has 1 aromatic rings. The zero-order chi connectivity index (χ0) is 15.0. The van der Waals surface area contributed by atoms with Crippen LogP contribution in [0, 0.1) is 5.82 Å².